The molecule has 1 heterocycles. The summed E-state index contributed by atoms with van der Waals surface area (Å²) in [6.07, 6.45) is 4.41. The van der Waals surface area contributed by atoms with E-state index in [1.165, 1.54) is 0 Å². The lowest BCUT2D eigenvalue weighted by molar-refractivity contribution is -0.129. The summed E-state index contributed by atoms with van der Waals surface area (Å²) < 4.78 is 0. The minimum atomic E-state index is -0.352. The molecular weight excluding hydrogens is 200 g/mol. The lowest BCUT2D eigenvalue weighted by Gasteiger charge is -2.23. The van der Waals surface area contributed by atoms with Crippen molar-refractivity contribution in [2.24, 2.45) is 5.41 Å². The van der Waals surface area contributed by atoms with Crippen LogP contribution >= 0.6 is 0 Å². The molecule has 0 saturated carbocycles. The van der Waals surface area contributed by atoms with E-state index in [0.29, 0.717) is 0 Å². The summed E-state index contributed by atoms with van der Waals surface area (Å²) in [5.41, 5.74) is 0.706. The second-order valence-electron chi connectivity index (χ2n) is 4.97. The molecule has 0 aliphatic heterocycles. The van der Waals surface area contributed by atoms with Crippen LogP contribution in [-0.2, 0) is 4.79 Å². The number of nitrogens with one attached hydrogen (secondary N) is 1. The van der Waals surface area contributed by atoms with Crippen LogP contribution in [0.15, 0.2) is 24.5 Å². The number of hydrogen-bond donors (Lipinski definition) is 1. The Morgan fingerprint density at radius 2 is 2.19 bits per heavy atom. The summed E-state index contributed by atoms with van der Waals surface area (Å²) >= 11 is 0. The van der Waals surface area contributed by atoms with Gasteiger partial charge in [-0.3, -0.25) is 9.78 Å². The molecule has 1 amide bonds. The monoisotopic (exact) mass is 220 g/mol. The largest absolute Gasteiger partial charge is 0.349 e. The molecule has 0 spiro atoms. The Kier molecular flexibility index (Phi) is 4.05. The van der Waals surface area contributed by atoms with Gasteiger partial charge in [0.1, 0.15) is 0 Å². The van der Waals surface area contributed by atoms with Crippen molar-refractivity contribution in [3.05, 3.63) is 30.1 Å². The number of hydrogen-bond acceptors (Lipinski definition) is 2. The first-order chi connectivity index (χ1) is 7.45. The lowest BCUT2D eigenvalue weighted by Crippen LogP contribution is -2.37. The van der Waals surface area contributed by atoms with E-state index >= 15 is 0 Å². The Bertz CT molecular complexity index is 341. The van der Waals surface area contributed by atoms with Crippen LogP contribution in [-0.4, -0.2) is 10.9 Å². The van der Waals surface area contributed by atoms with Crippen LogP contribution in [0.1, 0.15) is 45.7 Å². The normalized spacial score (nSPS) is 13.2. The van der Waals surface area contributed by atoms with E-state index in [2.05, 4.69) is 17.2 Å². The van der Waals surface area contributed by atoms with E-state index in [1.807, 2.05) is 32.9 Å². The van der Waals surface area contributed by atoms with Gasteiger partial charge in [0.2, 0.25) is 5.91 Å². The van der Waals surface area contributed by atoms with Gasteiger partial charge >= 0.3 is 0 Å². The van der Waals surface area contributed by atoms with Gasteiger partial charge in [0.25, 0.3) is 0 Å². The summed E-state index contributed by atoms with van der Waals surface area (Å²) in [5, 5.41) is 3.04. The summed E-state index contributed by atoms with van der Waals surface area (Å²) in [5.74, 6) is 0.0724. The molecule has 0 aromatic carbocycles. The summed E-state index contributed by atoms with van der Waals surface area (Å²) in [6, 6.07) is 3.94. The average molecular weight is 220 g/mol. The summed E-state index contributed by atoms with van der Waals surface area (Å²) in [6.45, 7) is 7.80. The first-order valence-electron chi connectivity index (χ1n) is 5.66. The van der Waals surface area contributed by atoms with Crippen molar-refractivity contribution in [2.75, 3.05) is 0 Å². The predicted molar refractivity (Wildman–Crippen MR) is 64.9 cm³/mol. The van der Waals surface area contributed by atoms with Crippen LogP contribution in [0.5, 0.6) is 0 Å². The second-order valence-corrected chi connectivity index (χ2v) is 4.97. The van der Waals surface area contributed by atoms with Crippen LogP contribution in [0, 0.1) is 5.41 Å². The van der Waals surface area contributed by atoms with Gasteiger partial charge in [-0.05, 0) is 18.1 Å². The van der Waals surface area contributed by atoms with Crippen LogP contribution in [0.4, 0.5) is 0 Å². The maximum Gasteiger partial charge on any atom is 0.225 e. The van der Waals surface area contributed by atoms with E-state index in [4.69, 9.17) is 0 Å². The van der Waals surface area contributed by atoms with Gasteiger partial charge in [0.15, 0.2) is 0 Å². The molecule has 0 aliphatic carbocycles. The van der Waals surface area contributed by atoms with Gasteiger partial charge in [0, 0.05) is 17.8 Å². The van der Waals surface area contributed by atoms with Crippen molar-refractivity contribution < 1.29 is 4.79 Å². The van der Waals surface area contributed by atoms with Crippen molar-refractivity contribution in [2.45, 2.75) is 40.2 Å². The smallest absolute Gasteiger partial charge is 0.225 e. The Morgan fingerprint density at radius 3 is 2.62 bits per heavy atom. The van der Waals surface area contributed by atoms with Crippen LogP contribution in [0.25, 0.3) is 0 Å². The molecule has 0 saturated heterocycles. The van der Waals surface area contributed by atoms with Gasteiger partial charge in [-0.2, -0.15) is 0 Å². The van der Waals surface area contributed by atoms with Crippen molar-refractivity contribution in [3.63, 3.8) is 0 Å². The van der Waals surface area contributed by atoms with Gasteiger partial charge in [-0.25, -0.2) is 0 Å². The summed E-state index contributed by atoms with van der Waals surface area (Å²) in [7, 11) is 0. The molecule has 1 aromatic heterocycles. The Balaban J connectivity index is 2.75. The number of aromatic nitrogens is 1. The zero-order valence-electron chi connectivity index (χ0n) is 10.4. The third-order valence-electron chi connectivity index (χ3n) is 2.48. The van der Waals surface area contributed by atoms with Crippen molar-refractivity contribution in [1.82, 2.24) is 10.3 Å². The molecule has 1 unspecified atom stereocenters. The van der Waals surface area contributed by atoms with E-state index in [9.17, 15) is 4.79 Å². The minimum absolute atomic E-state index is 0.0559. The van der Waals surface area contributed by atoms with E-state index in [0.717, 1.165) is 12.0 Å². The topological polar surface area (TPSA) is 42.0 Å². The molecule has 3 heteroatoms. The molecule has 0 fully saturated rings. The third-order valence-corrected chi connectivity index (χ3v) is 2.48. The van der Waals surface area contributed by atoms with E-state index in [1.54, 1.807) is 12.4 Å². The van der Waals surface area contributed by atoms with Crippen molar-refractivity contribution in [3.8, 4) is 0 Å². The van der Waals surface area contributed by atoms with Crippen molar-refractivity contribution in [1.29, 1.82) is 0 Å². The zero-order chi connectivity index (χ0) is 12.2. The molecule has 16 heavy (non-hydrogen) atoms. The second kappa shape index (κ2) is 5.10. The molecule has 1 aromatic rings. The quantitative estimate of drug-likeness (QED) is 0.851. The van der Waals surface area contributed by atoms with Crippen molar-refractivity contribution >= 4 is 5.91 Å². The van der Waals surface area contributed by atoms with Gasteiger partial charge in [-0.1, -0.05) is 33.8 Å². The molecule has 0 radical (unpaired) electrons. The molecule has 88 valence electrons. The zero-order valence-corrected chi connectivity index (χ0v) is 10.4. The molecule has 1 N–H and O–H groups in total. The highest BCUT2D eigenvalue weighted by atomic mass is 16.2. The van der Waals surface area contributed by atoms with E-state index in [-0.39, 0.29) is 17.4 Å². The number of pyridine rings is 1. The Labute approximate surface area is 97.3 Å². The molecule has 0 bridgehead atoms. The fraction of sp³-hybridized carbons (Fsp3) is 0.538. The highest BCUT2D eigenvalue weighted by Crippen LogP contribution is 2.19. The first kappa shape index (κ1) is 12.7. The predicted octanol–water partition coefficient (Wildman–Crippen LogP) is 2.70. The van der Waals surface area contributed by atoms with Gasteiger partial charge in [0.05, 0.1) is 6.04 Å². The van der Waals surface area contributed by atoms with Crippen LogP contribution in [0.2, 0.25) is 0 Å². The fourth-order valence-electron chi connectivity index (χ4n) is 1.38. The molecule has 3 nitrogen and oxygen atoms in total. The third kappa shape index (κ3) is 3.33. The van der Waals surface area contributed by atoms with Crippen LogP contribution < -0.4 is 5.32 Å². The van der Waals surface area contributed by atoms with Crippen LogP contribution in [0.3, 0.4) is 0 Å². The average Bonchev–Trinajstić information content (AvgIpc) is 2.25. The number of rotatable bonds is 3. The standard InChI is InChI=1S/C13H20N2O/c1-5-11(10-7-6-8-14-9-10)15-12(16)13(2,3)4/h6-9,11H,5H2,1-4H3,(H,15,16). The van der Waals surface area contributed by atoms with E-state index < -0.39 is 0 Å². The molecular formula is C13H20N2O. The fourth-order valence-corrected chi connectivity index (χ4v) is 1.38. The summed E-state index contributed by atoms with van der Waals surface area (Å²) in [4.78, 5) is 15.9. The number of carbonyl (C=O) groups excluding carboxylic acids is 1. The number of nitrogens with zero attached hydrogens (tertiary/aromatic N) is 1. The highest BCUT2D eigenvalue weighted by Gasteiger charge is 2.23. The maximum atomic E-state index is 11.9. The molecule has 0 aliphatic rings. The highest BCUT2D eigenvalue weighted by molar-refractivity contribution is 5.81. The van der Waals surface area contributed by atoms with Gasteiger partial charge < -0.3 is 5.32 Å². The minimum Gasteiger partial charge on any atom is -0.349 e. The lowest BCUT2D eigenvalue weighted by atomic mass is 9.94. The van der Waals surface area contributed by atoms with Gasteiger partial charge in [-0.15, -0.1) is 0 Å². The molecule has 1 rings (SSSR count). The number of amides is 1. The maximum absolute atomic E-state index is 11.9. The Hall–Kier alpha value is -1.38. The molecule has 1 atom stereocenters. The number of carbonyl (C=O) groups is 1. The first-order valence-corrected chi connectivity index (χ1v) is 5.66. The Morgan fingerprint density at radius 1 is 1.50 bits per heavy atom. The SMILES string of the molecule is CCC(NC(=O)C(C)(C)C)c1cccnc1.